The number of nitrogens with one attached hydrogen (secondary N) is 2. The number of hydrogen-bond acceptors (Lipinski definition) is 8. The fourth-order valence-electron chi connectivity index (χ4n) is 7.24. The summed E-state index contributed by atoms with van der Waals surface area (Å²) in [7, 11) is 0. The topological polar surface area (TPSA) is 154 Å². The van der Waals surface area contributed by atoms with Gasteiger partial charge in [-0.05, 0) is 114 Å². The van der Waals surface area contributed by atoms with E-state index in [-0.39, 0.29) is 26.1 Å². The molecule has 0 unspecified atom stereocenters. The van der Waals surface area contributed by atoms with Crippen LogP contribution in [-0.4, -0.2) is 40.2 Å². The molecule has 11 heteroatoms. The summed E-state index contributed by atoms with van der Waals surface area (Å²) in [6.45, 7) is 6.83. The van der Waals surface area contributed by atoms with Gasteiger partial charge in [0.25, 0.3) is 0 Å². The maximum atomic E-state index is 11.0. The second-order valence-electron chi connectivity index (χ2n) is 14.8. The number of pyridine rings is 1. The number of nitriles is 1. The zero-order valence-electron chi connectivity index (χ0n) is 34.3. The summed E-state index contributed by atoms with van der Waals surface area (Å²) >= 11 is 6.82. The Hall–Kier alpha value is -6.51. The molecule has 6 aromatic rings. The Morgan fingerprint density at radius 1 is 0.656 bits per heavy atom. The second kappa shape index (κ2) is 21.7. The predicted octanol–water partition coefficient (Wildman–Crippen LogP) is 10.3. The molecule has 0 aliphatic rings. The molecule has 4 N–H and O–H groups in total. The van der Waals surface area contributed by atoms with Gasteiger partial charge in [0.2, 0.25) is 0 Å². The highest BCUT2D eigenvalue weighted by Gasteiger charge is 2.17. The van der Waals surface area contributed by atoms with Crippen molar-refractivity contribution >= 4 is 23.5 Å². The summed E-state index contributed by atoms with van der Waals surface area (Å²) in [6.07, 6.45) is 4.41. The molecule has 1 aromatic heterocycles. The molecule has 61 heavy (non-hydrogen) atoms. The zero-order chi connectivity index (χ0) is 43.1. The first-order valence-electron chi connectivity index (χ1n) is 20.3. The highest BCUT2D eigenvalue weighted by atomic mass is 35.5. The number of aromatic nitrogens is 1. The van der Waals surface area contributed by atoms with E-state index in [0.29, 0.717) is 61.1 Å². The number of carboxylic acids is 2. The van der Waals surface area contributed by atoms with E-state index in [1.807, 2.05) is 24.3 Å². The Labute approximate surface area is 361 Å². The van der Waals surface area contributed by atoms with Crippen molar-refractivity contribution in [1.29, 1.82) is 5.26 Å². The molecule has 0 radical (unpaired) electrons. The van der Waals surface area contributed by atoms with Gasteiger partial charge in [0.15, 0.2) is 0 Å². The van der Waals surface area contributed by atoms with Crippen molar-refractivity contribution in [2.45, 2.75) is 65.8 Å². The van der Waals surface area contributed by atoms with Crippen molar-refractivity contribution < 1.29 is 29.3 Å². The summed E-state index contributed by atoms with van der Waals surface area (Å²) in [5.74, 6) is -0.636. The van der Waals surface area contributed by atoms with Crippen molar-refractivity contribution in [2.75, 3.05) is 13.1 Å². The van der Waals surface area contributed by atoms with E-state index in [1.54, 1.807) is 24.4 Å². The summed E-state index contributed by atoms with van der Waals surface area (Å²) in [5, 5.41) is 34.5. The van der Waals surface area contributed by atoms with Gasteiger partial charge in [0, 0.05) is 55.5 Å². The van der Waals surface area contributed by atoms with Crippen LogP contribution in [0.2, 0.25) is 5.02 Å². The molecule has 10 nitrogen and oxygen atoms in total. The van der Waals surface area contributed by atoms with Gasteiger partial charge in [-0.25, -0.2) is 0 Å². The largest absolute Gasteiger partial charge is 0.488 e. The summed E-state index contributed by atoms with van der Waals surface area (Å²) in [5.41, 5.74) is 13.0. The van der Waals surface area contributed by atoms with Crippen molar-refractivity contribution in [1.82, 2.24) is 15.6 Å². The molecule has 0 atom stereocenters. The molecule has 0 spiro atoms. The average molecular weight is 837 g/mol. The van der Waals surface area contributed by atoms with Crippen LogP contribution in [-0.2, 0) is 35.9 Å². The van der Waals surface area contributed by atoms with Gasteiger partial charge < -0.3 is 30.3 Å². The maximum absolute atomic E-state index is 11.0. The average Bonchev–Trinajstić information content (AvgIpc) is 3.26. The van der Waals surface area contributed by atoms with Crippen LogP contribution in [0.4, 0.5) is 0 Å². The van der Waals surface area contributed by atoms with Crippen LogP contribution in [0.15, 0.2) is 116 Å². The van der Waals surface area contributed by atoms with Gasteiger partial charge in [-0.1, -0.05) is 90.5 Å². The number of benzene rings is 5. The van der Waals surface area contributed by atoms with Crippen molar-refractivity contribution in [3.63, 3.8) is 0 Å². The molecule has 0 bridgehead atoms. The van der Waals surface area contributed by atoms with Crippen LogP contribution in [0, 0.1) is 25.2 Å². The number of carbonyl (C=O) groups is 2. The quantitative estimate of drug-likeness (QED) is 0.0515. The van der Waals surface area contributed by atoms with Crippen LogP contribution in [0.25, 0.3) is 33.4 Å². The van der Waals surface area contributed by atoms with Crippen LogP contribution in [0.5, 0.6) is 11.5 Å². The van der Waals surface area contributed by atoms with Crippen molar-refractivity contribution in [2.24, 2.45) is 0 Å². The van der Waals surface area contributed by atoms with Gasteiger partial charge >= 0.3 is 11.9 Å². The Bertz CT molecular complexity index is 2520. The van der Waals surface area contributed by atoms with Crippen molar-refractivity contribution in [3.05, 3.63) is 159 Å². The number of halogens is 1. The molecule has 312 valence electrons. The first-order chi connectivity index (χ1) is 29.6. The lowest BCUT2D eigenvalue weighted by Gasteiger charge is -2.19. The molecule has 0 saturated heterocycles. The highest BCUT2D eigenvalue weighted by molar-refractivity contribution is 6.32. The molecular weight excluding hydrogens is 788 g/mol. The normalized spacial score (nSPS) is 10.9. The number of hydrogen-bond donors (Lipinski definition) is 4. The molecule has 0 fully saturated rings. The van der Waals surface area contributed by atoms with Crippen LogP contribution in [0.1, 0.15) is 64.6 Å². The molecule has 5 aromatic carbocycles. The smallest absolute Gasteiger partial charge is 0.303 e. The molecule has 1 heterocycles. The molecule has 0 aliphatic carbocycles. The van der Waals surface area contributed by atoms with Crippen LogP contribution < -0.4 is 20.1 Å². The van der Waals surface area contributed by atoms with E-state index in [2.05, 4.69) is 96.2 Å². The molecule has 6 rings (SSSR count). The lowest BCUT2D eigenvalue weighted by Crippen LogP contribution is -2.16. The first-order valence-corrected chi connectivity index (χ1v) is 20.6. The van der Waals surface area contributed by atoms with E-state index in [0.717, 1.165) is 66.8 Å². The fourth-order valence-corrected chi connectivity index (χ4v) is 7.48. The Morgan fingerprint density at radius 3 is 2.02 bits per heavy atom. The first kappa shape index (κ1) is 44.1. The Morgan fingerprint density at radius 2 is 1.31 bits per heavy atom. The number of nitrogens with zero attached hydrogens (tertiary/aromatic N) is 2. The Balaban J connectivity index is 1.23. The van der Waals surface area contributed by atoms with Crippen molar-refractivity contribution in [3.8, 4) is 50.9 Å². The minimum absolute atomic E-state index is 0.0696. The van der Waals surface area contributed by atoms with Crippen LogP contribution >= 0.6 is 11.6 Å². The zero-order valence-corrected chi connectivity index (χ0v) is 35.1. The number of ether oxygens (including phenoxy) is 2. The number of rotatable bonds is 21. The van der Waals surface area contributed by atoms with Gasteiger partial charge in [0.05, 0.1) is 10.6 Å². The van der Waals surface area contributed by atoms with Gasteiger partial charge in [-0.3, -0.25) is 14.6 Å². The number of aliphatic carboxylic acids is 2. The molecule has 0 aliphatic heterocycles. The van der Waals surface area contributed by atoms with Gasteiger partial charge in [0.1, 0.15) is 30.8 Å². The lowest BCUT2D eigenvalue weighted by atomic mass is 9.88. The lowest BCUT2D eigenvalue weighted by molar-refractivity contribution is -0.138. The minimum atomic E-state index is -0.842. The standard InChI is InChI=1S/C50H49ClN4O6/c1-33-40(32-61-48-25-47(60-31-36-22-35(26-52)27-55-28-36)41(24-46(48)51)30-54-21-9-17-50(58)59)12-6-14-43(33)44-15-7-13-42(34(44)2)38-18-19-39(29-53-20-8-16-49(56)57)45(23-38)37-10-4-3-5-11-37/h3-7,10-15,18-19,22-25,27-28,53-54H,8-9,16-17,20-21,29-32H2,1-2H3,(H,56,57)(H,58,59). The minimum Gasteiger partial charge on any atom is -0.488 e. The van der Waals surface area contributed by atoms with E-state index >= 15 is 0 Å². The monoisotopic (exact) mass is 836 g/mol. The highest BCUT2D eigenvalue weighted by Crippen LogP contribution is 2.38. The van der Waals surface area contributed by atoms with Crippen LogP contribution in [0.3, 0.4) is 0 Å². The van der Waals surface area contributed by atoms with E-state index in [9.17, 15) is 14.9 Å². The molecular formula is C50H49ClN4O6. The summed E-state index contributed by atoms with van der Waals surface area (Å²) in [6, 6.07) is 36.9. The molecule has 0 saturated carbocycles. The maximum Gasteiger partial charge on any atom is 0.303 e. The third-order valence-corrected chi connectivity index (χ3v) is 10.8. The SMILES string of the molecule is Cc1c(COc2cc(OCc3cncc(C#N)c3)c(CNCCCC(=O)O)cc2Cl)cccc1-c1cccc(-c2ccc(CNCCCC(=O)O)c(-c3ccccc3)c2)c1C. The van der Waals surface area contributed by atoms with Gasteiger partial charge in [-0.15, -0.1) is 0 Å². The molecule has 0 amide bonds. The third kappa shape index (κ3) is 12.0. The van der Waals surface area contributed by atoms with E-state index in [1.165, 1.54) is 6.20 Å². The predicted molar refractivity (Wildman–Crippen MR) is 238 cm³/mol. The summed E-state index contributed by atoms with van der Waals surface area (Å²) < 4.78 is 12.7. The van der Waals surface area contributed by atoms with E-state index < -0.39 is 11.9 Å². The van der Waals surface area contributed by atoms with E-state index in [4.69, 9.17) is 31.3 Å². The second-order valence-corrected chi connectivity index (χ2v) is 15.2. The fraction of sp³-hybridized carbons (Fsp3) is 0.240. The third-order valence-electron chi connectivity index (χ3n) is 10.5. The van der Waals surface area contributed by atoms with Gasteiger partial charge in [-0.2, -0.15) is 5.26 Å². The Kier molecular flexibility index (Phi) is 15.6. The number of carboxylic acid groups (broad SMARTS) is 2. The summed E-state index contributed by atoms with van der Waals surface area (Å²) in [4.78, 5) is 26.1.